The summed E-state index contributed by atoms with van der Waals surface area (Å²) in [7, 11) is 0. The molecule has 0 saturated heterocycles. The summed E-state index contributed by atoms with van der Waals surface area (Å²) in [5.41, 5.74) is 3.01. The fourth-order valence-corrected chi connectivity index (χ4v) is 3.60. The van der Waals surface area contributed by atoms with Crippen molar-refractivity contribution in [2.75, 3.05) is 5.32 Å². The first-order valence-electron chi connectivity index (χ1n) is 10.1. The number of ether oxygens (including phenoxy) is 1. The summed E-state index contributed by atoms with van der Waals surface area (Å²) >= 11 is 12.1. The van der Waals surface area contributed by atoms with E-state index >= 15 is 0 Å². The SMILES string of the molecule is Cc1nn(Cc2ccc(Cl)c(Cl)c2)c(C)c1NC(=O)c1ccc(COc2ccc(F)cc2)o1. The van der Waals surface area contributed by atoms with Gasteiger partial charge in [0.1, 0.15) is 23.9 Å². The summed E-state index contributed by atoms with van der Waals surface area (Å²) in [4.78, 5) is 12.7. The number of nitrogens with one attached hydrogen (secondary N) is 1. The first kappa shape index (κ1) is 22.9. The molecule has 0 aliphatic rings. The standard InChI is InChI=1S/C24H20Cl2FN3O3/c1-14-23(15(2)30(29-14)12-16-3-9-20(25)21(26)11-16)28-24(31)22-10-8-19(33-22)13-32-18-6-4-17(27)5-7-18/h3-11H,12-13H2,1-2H3,(H,28,31). The molecule has 0 atom stereocenters. The first-order valence-corrected chi connectivity index (χ1v) is 10.8. The molecule has 2 aromatic heterocycles. The lowest BCUT2D eigenvalue weighted by molar-refractivity contribution is 0.0992. The number of furan rings is 1. The third kappa shape index (κ3) is 5.38. The molecule has 0 aliphatic carbocycles. The summed E-state index contributed by atoms with van der Waals surface area (Å²) in [6, 6.07) is 14.3. The van der Waals surface area contributed by atoms with E-state index in [4.69, 9.17) is 32.4 Å². The molecule has 4 rings (SSSR count). The Morgan fingerprint density at radius 2 is 1.85 bits per heavy atom. The Morgan fingerprint density at radius 3 is 2.58 bits per heavy atom. The van der Waals surface area contributed by atoms with E-state index in [9.17, 15) is 9.18 Å². The highest BCUT2D eigenvalue weighted by Gasteiger charge is 2.18. The van der Waals surface area contributed by atoms with Crippen LogP contribution in [-0.2, 0) is 13.2 Å². The molecule has 9 heteroatoms. The minimum absolute atomic E-state index is 0.110. The molecular formula is C24H20Cl2FN3O3. The average Bonchev–Trinajstić information content (AvgIpc) is 3.36. The molecule has 0 saturated carbocycles. The molecule has 1 amide bonds. The van der Waals surface area contributed by atoms with Crippen molar-refractivity contribution in [2.24, 2.45) is 0 Å². The zero-order chi connectivity index (χ0) is 23.5. The van der Waals surface area contributed by atoms with Gasteiger partial charge in [-0.1, -0.05) is 29.3 Å². The quantitative estimate of drug-likeness (QED) is 0.326. The Kier molecular flexibility index (Phi) is 6.72. The number of halogens is 3. The largest absolute Gasteiger partial charge is 0.486 e. The minimum Gasteiger partial charge on any atom is -0.486 e. The van der Waals surface area contributed by atoms with Gasteiger partial charge in [-0.25, -0.2) is 4.39 Å². The zero-order valence-corrected chi connectivity index (χ0v) is 19.4. The van der Waals surface area contributed by atoms with Gasteiger partial charge < -0.3 is 14.5 Å². The Morgan fingerprint density at radius 1 is 1.09 bits per heavy atom. The number of rotatable bonds is 7. The number of carbonyl (C=O) groups is 1. The van der Waals surface area contributed by atoms with Crippen LogP contribution < -0.4 is 10.1 Å². The van der Waals surface area contributed by atoms with Crippen molar-refractivity contribution >= 4 is 34.8 Å². The maximum absolute atomic E-state index is 13.0. The molecular weight excluding hydrogens is 468 g/mol. The summed E-state index contributed by atoms with van der Waals surface area (Å²) in [5, 5.41) is 8.36. The van der Waals surface area contributed by atoms with Crippen LogP contribution in [0.25, 0.3) is 0 Å². The summed E-state index contributed by atoms with van der Waals surface area (Å²) in [6.45, 7) is 4.28. The lowest BCUT2D eigenvalue weighted by Crippen LogP contribution is -2.12. The van der Waals surface area contributed by atoms with E-state index in [1.54, 1.807) is 28.9 Å². The van der Waals surface area contributed by atoms with Crippen LogP contribution in [0.5, 0.6) is 5.75 Å². The van der Waals surface area contributed by atoms with E-state index in [-0.39, 0.29) is 18.2 Å². The van der Waals surface area contributed by atoms with Gasteiger partial charge >= 0.3 is 0 Å². The number of aryl methyl sites for hydroxylation is 1. The molecule has 0 radical (unpaired) electrons. The van der Waals surface area contributed by atoms with Gasteiger partial charge in [-0.3, -0.25) is 9.48 Å². The lowest BCUT2D eigenvalue weighted by Gasteiger charge is -2.07. The van der Waals surface area contributed by atoms with E-state index in [0.717, 1.165) is 11.3 Å². The summed E-state index contributed by atoms with van der Waals surface area (Å²) in [6.07, 6.45) is 0. The first-order chi connectivity index (χ1) is 15.8. The van der Waals surface area contributed by atoms with Crippen LogP contribution in [0, 0.1) is 19.7 Å². The molecule has 4 aromatic rings. The number of hydrogen-bond donors (Lipinski definition) is 1. The topological polar surface area (TPSA) is 69.3 Å². The van der Waals surface area contributed by atoms with Crippen molar-refractivity contribution in [3.05, 3.63) is 98.9 Å². The van der Waals surface area contributed by atoms with Crippen LogP contribution in [0.15, 0.2) is 59.0 Å². The molecule has 2 heterocycles. The highest BCUT2D eigenvalue weighted by Crippen LogP contribution is 2.25. The number of carbonyl (C=O) groups excluding carboxylic acids is 1. The number of nitrogens with zero attached hydrogens (tertiary/aromatic N) is 2. The Hall–Kier alpha value is -3.29. The highest BCUT2D eigenvalue weighted by molar-refractivity contribution is 6.42. The van der Waals surface area contributed by atoms with Crippen LogP contribution in [0.3, 0.4) is 0 Å². The van der Waals surface area contributed by atoms with Gasteiger partial charge in [0, 0.05) is 0 Å². The van der Waals surface area contributed by atoms with Crippen molar-refractivity contribution in [2.45, 2.75) is 27.0 Å². The van der Waals surface area contributed by atoms with Gasteiger partial charge in [-0.2, -0.15) is 5.10 Å². The van der Waals surface area contributed by atoms with Crippen LogP contribution >= 0.6 is 23.2 Å². The fraction of sp³-hybridized carbons (Fsp3) is 0.167. The average molecular weight is 488 g/mol. The van der Waals surface area contributed by atoms with Crippen LogP contribution in [0.1, 0.15) is 33.3 Å². The van der Waals surface area contributed by atoms with Gasteiger partial charge in [-0.15, -0.1) is 0 Å². The predicted molar refractivity (Wildman–Crippen MR) is 125 cm³/mol. The number of aromatic nitrogens is 2. The normalized spacial score (nSPS) is 10.9. The van der Waals surface area contributed by atoms with Crippen molar-refractivity contribution < 1.29 is 18.3 Å². The van der Waals surface area contributed by atoms with Gasteiger partial charge in [0.25, 0.3) is 5.91 Å². The zero-order valence-electron chi connectivity index (χ0n) is 17.9. The summed E-state index contributed by atoms with van der Waals surface area (Å²) < 4.78 is 25.9. The van der Waals surface area contributed by atoms with Crippen molar-refractivity contribution in [1.29, 1.82) is 0 Å². The Bertz CT molecular complexity index is 1300. The molecule has 170 valence electrons. The Labute approximate surface area is 199 Å². The molecule has 0 fully saturated rings. The van der Waals surface area contributed by atoms with E-state index < -0.39 is 5.91 Å². The molecule has 33 heavy (non-hydrogen) atoms. The second-order valence-corrected chi connectivity index (χ2v) is 8.23. The van der Waals surface area contributed by atoms with Crippen LogP contribution in [0.4, 0.5) is 10.1 Å². The van der Waals surface area contributed by atoms with E-state index in [2.05, 4.69) is 10.4 Å². The molecule has 6 nitrogen and oxygen atoms in total. The third-order valence-electron chi connectivity index (χ3n) is 5.02. The van der Waals surface area contributed by atoms with Gasteiger partial charge in [0.05, 0.1) is 33.7 Å². The number of amides is 1. The van der Waals surface area contributed by atoms with Crippen molar-refractivity contribution in [3.63, 3.8) is 0 Å². The highest BCUT2D eigenvalue weighted by atomic mass is 35.5. The number of hydrogen-bond acceptors (Lipinski definition) is 4. The Balaban J connectivity index is 1.42. The summed E-state index contributed by atoms with van der Waals surface area (Å²) in [5.74, 6) is 0.366. The maximum Gasteiger partial charge on any atom is 0.291 e. The second kappa shape index (κ2) is 9.68. The van der Waals surface area contributed by atoms with Gasteiger partial charge in [-0.05, 0) is 67.9 Å². The number of anilines is 1. The predicted octanol–water partition coefficient (Wildman–Crippen LogP) is 6.42. The van der Waals surface area contributed by atoms with E-state index in [1.165, 1.54) is 24.3 Å². The molecule has 0 aliphatic heterocycles. The maximum atomic E-state index is 13.0. The van der Waals surface area contributed by atoms with Crippen LogP contribution in [-0.4, -0.2) is 15.7 Å². The van der Waals surface area contributed by atoms with E-state index in [0.29, 0.717) is 39.5 Å². The third-order valence-corrected chi connectivity index (χ3v) is 5.76. The molecule has 0 unspecified atom stereocenters. The molecule has 0 bridgehead atoms. The molecule has 2 aromatic carbocycles. The lowest BCUT2D eigenvalue weighted by atomic mass is 10.2. The second-order valence-electron chi connectivity index (χ2n) is 7.41. The molecule has 1 N–H and O–H groups in total. The van der Waals surface area contributed by atoms with Gasteiger partial charge in [0.15, 0.2) is 5.76 Å². The fourth-order valence-electron chi connectivity index (χ4n) is 3.28. The van der Waals surface area contributed by atoms with Gasteiger partial charge in [0.2, 0.25) is 0 Å². The molecule has 0 spiro atoms. The van der Waals surface area contributed by atoms with Crippen molar-refractivity contribution in [3.8, 4) is 5.75 Å². The number of benzene rings is 2. The van der Waals surface area contributed by atoms with E-state index in [1.807, 2.05) is 19.9 Å². The van der Waals surface area contributed by atoms with Crippen LogP contribution in [0.2, 0.25) is 10.0 Å². The minimum atomic E-state index is -0.400. The smallest absolute Gasteiger partial charge is 0.291 e. The monoisotopic (exact) mass is 487 g/mol. The van der Waals surface area contributed by atoms with Crippen molar-refractivity contribution in [1.82, 2.24) is 9.78 Å².